The Morgan fingerprint density at radius 2 is 1.76 bits per heavy atom. The van der Waals surface area contributed by atoms with Gasteiger partial charge in [-0.25, -0.2) is 0 Å². The summed E-state index contributed by atoms with van der Waals surface area (Å²) in [4.78, 5) is 0. The van der Waals surface area contributed by atoms with Crippen molar-refractivity contribution in [1.82, 2.24) is 0 Å². The second kappa shape index (κ2) is 4.20. The molecule has 1 fully saturated rings. The number of aliphatic hydroxyl groups excluding tert-OH is 1. The SMILES string of the molecule is COc1cc(C)c(C(O)C2(N)CC2)cc1OC. The number of methoxy groups -OCH3 is 2. The molecule has 4 nitrogen and oxygen atoms in total. The molecule has 94 valence electrons. The summed E-state index contributed by atoms with van der Waals surface area (Å²) in [5, 5.41) is 10.3. The molecule has 1 saturated carbocycles. The molecule has 0 saturated heterocycles. The molecule has 1 aliphatic rings. The molecule has 0 amide bonds. The first-order chi connectivity index (χ1) is 8.01. The molecule has 3 N–H and O–H groups in total. The Hall–Kier alpha value is -1.26. The third-order valence-electron chi connectivity index (χ3n) is 3.44. The fourth-order valence-electron chi connectivity index (χ4n) is 2.02. The molecule has 1 atom stereocenters. The van der Waals surface area contributed by atoms with E-state index in [9.17, 15) is 5.11 Å². The Labute approximate surface area is 101 Å². The lowest BCUT2D eigenvalue weighted by molar-refractivity contribution is 0.135. The highest BCUT2D eigenvalue weighted by atomic mass is 16.5. The van der Waals surface area contributed by atoms with E-state index in [1.807, 2.05) is 19.1 Å². The molecule has 4 heteroatoms. The predicted octanol–water partition coefficient (Wildman–Crippen LogP) is 1.54. The zero-order valence-electron chi connectivity index (χ0n) is 10.5. The molecule has 0 radical (unpaired) electrons. The van der Waals surface area contributed by atoms with Crippen LogP contribution >= 0.6 is 0 Å². The van der Waals surface area contributed by atoms with E-state index in [2.05, 4.69) is 0 Å². The van der Waals surface area contributed by atoms with Crippen LogP contribution < -0.4 is 15.2 Å². The summed E-state index contributed by atoms with van der Waals surface area (Å²) in [5.74, 6) is 1.29. The van der Waals surface area contributed by atoms with Crippen molar-refractivity contribution in [2.75, 3.05) is 14.2 Å². The van der Waals surface area contributed by atoms with Crippen molar-refractivity contribution in [1.29, 1.82) is 0 Å². The lowest BCUT2D eigenvalue weighted by Crippen LogP contribution is -2.30. The van der Waals surface area contributed by atoms with Gasteiger partial charge in [-0.05, 0) is 43.0 Å². The molecular weight excluding hydrogens is 218 g/mol. The van der Waals surface area contributed by atoms with Crippen molar-refractivity contribution >= 4 is 0 Å². The molecule has 1 unspecified atom stereocenters. The highest BCUT2D eigenvalue weighted by Crippen LogP contribution is 2.45. The zero-order valence-corrected chi connectivity index (χ0v) is 10.5. The number of hydrogen-bond donors (Lipinski definition) is 2. The number of aryl methyl sites for hydroxylation is 1. The lowest BCUT2D eigenvalue weighted by atomic mass is 9.96. The van der Waals surface area contributed by atoms with Crippen molar-refractivity contribution in [3.05, 3.63) is 23.3 Å². The molecule has 0 aliphatic heterocycles. The number of rotatable bonds is 4. The van der Waals surface area contributed by atoms with Crippen LogP contribution in [0.4, 0.5) is 0 Å². The average Bonchev–Trinajstić information content (AvgIpc) is 3.07. The van der Waals surface area contributed by atoms with E-state index in [0.29, 0.717) is 11.5 Å². The number of aliphatic hydroxyl groups is 1. The van der Waals surface area contributed by atoms with Crippen LogP contribution in [0.1, 0.15) is 30.1 Å². The quantitative estimate of drug-likeness (QED) is 0.833. The van der Waals surface area contributed by atoms with Crippen molar-refractivity contribution in [3.63, 3.8) is 0 Å². The topological polar surface area (TPSA) is 64.7 Å². The van der Waals surface area contributed by atoms with Crippen molar-refractivity contribution in [2.45, 2.75) is 31.4 Å². The van der Waals surface area contributed by atoms with Gasteiger partial charge in [0.25, 0.3) is 0 Å². The van der Waals surface area contributed by atoms with Crippen LogP contribution in [0.5, 0.6) is 11.5 Å². The normalized spacial score (nSPS) is 18.6. The van der Waals surface area contributed by atoms with Gasteiger partial charge in [-0.1, -0.05) is 0 Å². The summed E-state index contributed by atoms with van der Waals surface area (Å²) in [7, 11) is 3.18. The first-order valence-corrected chi connectivity index (χ1v) is 5.71. The van der Waals surface area contributed by atoms with E-state index in [4.69, 9.17) is 15.2 Å². The van der Waals surface area contributed by atoms with Crippen LogP contribution in [-0.2, 0) is 0 Å². The minimum absolute atomic E-state index is 0.454. The molecular formula is C13H19NO3. The van der Waals surface area contributed by atoms with Gasteiger partial charge in [-0.2, -0.15) is 0 Å². The number of ether oxygens (including phenoxy) is 2. The molecule has 2 rings (SSSR count). The first kappa shape index (κ1) is 12.2. The summed E-state index contributed by atoms with van der Waals surface area (Å²) in [6.45, 7) is 1.94. The monoisotopic (exact) mass is 237 g/mol. The average molecular weight is 237 g/mol. The Morgan fingerprint density at radius 1 is 1.24 bits per heavy atom. The molecule has 0 bridgehead atoms. The maximum atomic E-state index is 10.3. The van der Waals surface area contributed by atoms with Gasteiger partial charge in [-0.3, -0.25) is 0 Å². The second-order valence-corrected chi connectivity index (χ2v) is 4.70. The second-order valence-electron chi connectivity index (χ2n) is 4.70. The predicted molar refractivity (Wildman–Crippen MR) is 65.4 cm³/mol. The van der Waals surface area contributed by atoms with Gasteiger partial charge in [-0.15, -0.1) is 0 Å². The summed E-state index contributed by atoms with van der Waals surface area (Å²) in [6.07, 6.45) is 1.09. The van der Waals surface area contributed by atoms with Crippen LogP contribution in [0.3, 0.4) is 0 Å². The molecule has 17 heavy (non-hydrogen) atoms. The Bertz CT molecular complexity index is 427. The molecule has 1 aliphatic carbocycles. The van der Waals surface area contributed by atoms with E-state index in [1.165, 1.54) is 0 Å². The van der Waals surface area contributed by atoms with E-state index >= 15 is 0 Å². The van der Waals surface area contributed by atoms with Gasteiger partial charge in [0.15, 0.2) is 11.5 Å². The van der Waals surface area contributed by atoms with Gasteiger partial charge in [0.1, 0.15) is 0 Å². The smallest absolute Gasteiger partial charge is 0.161 e. The minimum Gasteiger partial charge on any atom is -0.493 e. The highest BCUT2D eigenvalue weighted by Gasteiger charge is 2.46. The van der Waals surface area contributed by atoms with Gasteiger partial charge < -0.3 is 20.3 Å². The molecule has 0 aromatic heterocycles. The molecule has 1 aromatic carbocycles. The van der Waals surface area contributed by atoms with Crippen LogP contribution in [0.25, 0.3) is 0 Å². The fraction of sp³-hybridized carbons (Fsp3) is 0.538. The first-order valence-electron chi connectivity index (χ1n) is 5.71. The zero-order chi connectivity index (χ0) is 12.6. The Balaban J connectivity index is 2.40. The standard InChI is InChI=1S/C13H19NO3/c1-8-6-10(16-2)11(17-3)7-9(8)12(15)13(14)4-5-13/h6-7,12,15H,4-5,14H2,1-3H3. The van der Waals surface area contributed by atoms with Crippen LogP contribution in [0.15, 0.2) is 12.1 Å². The van der Waals surface area contributed by atoms with E-state index < -0.39 is 11.6 Å². The molecule has 0 spiro atoms. The van der Waals surface area contributed by atoms with Gasteiger partial charge in [0.05, 0.1) is 20.3 Å². The van der Waals surface area contributed by atoms with Crippen molar-refractivity contribution in [3.8, 4) is 11.5 Å². The third-order valence-corrected chi connectivity index (χ3v) is 3.44. The van der Waals surface area contributed by atoms with E-state index in [1.54, 1.807) is 14.2 Å². The maximum absolute atomic E-state index is 10.3. The van der Waals surface area contributed by atoms with E-state index in [-0.39, 0.29) is 0 Å². The number of benzene rings is 1. The largest absolute Gasteiger partial charge is 0.493 e. The van der Waals surface area contributed by atoms with Crippen molar-refractivity contribution in [2.24, 2.45) is 5.73 Å². The lowest BCUT2D eigenvalue weighted by Gasteiger charge is -2.21. The van der Waals surface area contributed by atoms with Crippen molar-refractivity contribution < 1.29 is 14.6 Å². The van der Waals surface area contributed by atoms with Crippen LogP contribution in [-0.4, -0.2) is 24.9 Å². The fourth-order valence-corrected chi connectivity index (χ4v) is 2.02. The van der Waals surface area contributed by atoms with Crippen LogP contribution in [0.2, 0.25) is 0 Å². The number of nitrogens with two attached hydrogens (primary N) is 1. The maximum Gasteiger partial charge on any atom is 0.161 e. The summed E-state index contributed by atoms with van der Waals surface area (Å²) in [6, 6.07) is 3.68. The molecule has 1 aromatic rings. The summed E-state index contributed by atoms with van der Waals surface area (Å²) in [5.41, 5.74) is 7.36. The molecule has 0 heterocycles. The van der Waals surface area contributed by atoms with Gasteiger partial charge >= 0.3 is 0 Å². The minimum atomic E-state index is -0.637. The third kappa shape index (κ3) is 2.10. The Kier molecular flexibility index (Phi) is 3.02. The number of hydrogen-bond acceptors (Lipinski definition) is 4. The van der Waals surface area contributed by atoms with Crippen LogP contribution in [0, 0.1) is 6.92 Å². The highest BCUT2D eigenvalue weighted by molar-refractivity contribution is 5.48. The van der Waals surface area contributed by atoms with Gasteiger partial charge in [0.2, 0.25) is 0 Å². The van der Waals surface area contributed by atoms with Gasteiger partial charge in [0, 0.05) is 5.54 Å². The Morgan fingerprint density at radius 3 is 2.24 bits per heavy atom. The summed E-state index contributed by atoms with van der Waals surface area (Å²) < 4.78 is 10.5. The van der Waals surface area contributed by atoms with E-state index in [0.717, 1.165) is 24.0 Å². The summed E-state index contributed by atoms with van der Waals surface area (Å²) >= 11 is 0.